The molecule has 0 bridgehead atoms. The number of benzene rings is 4. The van der Waals surface area contributed by atoms with Gasteiger partial charge in [0.15, 0.2) is 0 Å². The number of hydrogen-bond donors (Lipinski definition) is 4. The molecule has 11 heteroatoms. The van der Waals surface area contributed by atoms with E-state index in [-0.39, 0.29) is 44.1 Å². The number of rotatable bonds is 19. The number of ether oxygens (including phenoxy) is 1. The van der Waals surface area contributed by atoms with Gasteiger partial charge in [0.05, 0.1) is 6.04 Å². The molecule has 57 heavy (non-hydrogen) atoms. The Morgan fingerprint density at radius 1 is 0.649 bits per heavy atom. The molecule has 0 spiro atoms. The van der Waals surface area contributed by atoms with Crippen LogP contribution in [-0.4, -0.2) is 53.2 Å². The summed E-state index contributed by atoms with van der Waals surface area (Å²) >= 11 is 0. The van der Waals surface area contributed by atoms with Gasteiger partial charge in [-0.1, -0.05) is 135 Å². The highest BCUT2D eigenvalue weighted by Crippen LogP contribution is 2.37. The van der Waals surface area contributed by atoms with Gasteiger partial charge in [-0.15, -0.1) is 0 Å². The van der Waals surface area contributed by atoms with Gasteiger partial charge in [-0.05, 0) is 58.7 Å². The molecule has 294 valence electrons. The van der Waals surface area contributed by atoms with Gasteiger partial charge in [0, 0.05) is 25.2 Å². The number of hydrogen-bond acceptors (Lipinski definition) is 7. The second kappa shape index (κ2) is 20.9. The van der Waals surface area contributed by atoms with Gasteiger partial charge in [-0.2, -0.15) is 0 Å². The first kappa shape index (κ1) is 41.5. The van der Waals surface area contributed by atoms with Gasteiger partial charge in [0.1, 0.15) is 30.5 Å². The summed E-state index contributed by atoms with van der Waals surface area (Å²) in [6.07, 6.45) is 3.28. The van der Waals surface area contributed by atoms with Crippen molar-refractivity contribution < 1.29 is 28.7 Å². The molecule has 4 aromatic carbocycles. The van der Waals surface area contributed by atoms with E-state index < -0.39 is 41.6 Å². The van der Waals surface area contributed by atoms with Crippen LogP contribution >= 0.6 is 0 Å². The molecule has 4 N–H and O–H groups in total. The van der Waals surface area contributed by atoms with E-state index in [1.807, 2.05) is 135 Å². The van der Waals surface area contributed by atoms with Crippen molar-refractivity contribution in [2.75, 3.05) is 0 Å². The monoisotopic (exact) mass is 767 g/mol. The number of aromatic nitrogens is 1. The van der Waals surface area contributed by atoms with E-state index in [1.54, 1.807) is 24.5 Å². The van der Waals surface area contributed by atoms with E-state index in [1.165, 1.54) is 0 Å². The molecule has 0 saturated carbocycles. The summed E-state index contributed by atoms with van der Waals surface area (Å²) < 4.78 is 5.35. The molecule has 0 unspecified atom stereocenters. The van der Waals surface area contributed by atoms with Crippen LogP contribution in [0, 0.1) is 5.92 Å². The van der Waals surface area contributed by atoms with E-state index in [4.69, 9.17) is 4.74 Å². The van der Waals surface area contributed by atoms with E-state index in [0.29, 0.717) is 6.29 Å². The van der Waals surface area contributed by atoms with Crippen LogP contribution in [0.1, 0.15) is 60.9 Å². The van der Waals surface area contributed by atoms with Crippen molar-refractivity contribution in [3.05, 3.63) is 174 Å². The first-order valence-electron chi connectivity index (χ1n) is 19.1. The van der Waals surface area contributed by atoms with E-state index in [2.05, 4.69) is 26.3 Å². The maximum absolute atomic E-state index is 13.9. The van der Waals surface area contributed by atoms with Crippen molar-refractivity contribution in [3.8, 4) is 0 Å². The Hall–Kier alpha value is -6.62. The first-order chi connectivity index (χ1) is 27.7. The van der Waals surface area contributed by atoms with Crippen molar-refractivity contribution in [1.29, 1.82) is 0 Å². The molecular formula is C46H49N5O6. The zero-order valence-corrected chi connectivity index (χ0v) is 32.2. The third-order valence-corrected chi connectivity index (χ3v) is 9.47. The second-order valence-corrected chi connectivity index (χ2v) is 14.2. The number of alkyl carbamates (subject to hydrolysis) is 1. The first-order valence-corrected chi connectivity index (χ1v) is 19.1. The van der Waals surface area contributed by atoms with Crippen LogP contribution in [-0.2, 0) is 42.5 Å². The van der Waals surface area contributed by atoms with Crippen LogP contribution in [0.5, 0.6) is 0 Å². The normalized spacial score (nSPS) is 12.7. The maximum Gasteiger partial charge on any atom is 0.408 e. The standard InChI is InChI=1S/C46H49N5O6/c1-33(2)29-40(50-45(56)57-32-35-25-27-47-28-26-35)44(55)49-41(30-34-15-7-3-8-16-34)43(54)48-39(31-52)23-24-42(53)51-46(36-17-9-4-10-18-36,37-19-11-5-12-20-37)38-21-13-6-14-22-38/h3-22,25-28,31,33,39-41H,23-24,29-30,32H2,1-2H3,(H,48,54)(H,49,55)(H,50,56)(H,51,53)/t39-,40-,41-/m0/s1. The number of carbonyl (C=O) groups excluding carboxylic acids is 5. The molecule has 1 heterocycles. The lowest BCUT2D eigenvalue weighted by molar-refractivity contribution is -0.131. The lowest BCUT2D eigenvalue weighted by atomic mass is 9.77. The fourth-order valence-electron chi connectivity index (χ4n) is 6.64. The fraction of sp³-hybridized carbons (Fsp3) is 0.261. The number of amides is 4. The van der Waals surface area contributed by atoms with Crippen LogP contribution in [0.2, 0.25) is 0 Å². The van der Waals surface area contributed by atoms with Crippen LogP contribution in [0.15, 0.2) is 146 Å². The van der Waals surface area contributed by atoms with Gasteiger partial charge in [-0.25, -0.2) is 4.79 Å². The van der Waals surface area contributed by atoms with Gasteiger partial charge in [-0.3, -0.25) is 19.4 Å². The molecule has 0 fully saturated rings. The maximum atomic E-state index is 13.9. The van der Waals surface area contributed by atoms with Crippen LogP contribution in [0.3, 0.4) is 0 Å². The number of pyridine rings is 1. The van der Waals surface area contributed by atoms with Gasteiger partial charge in [0.2, 0.25) is 17.7 Å². The lowest BCUT2D eigenvalue weighted by Crippen LogP contribution is -2.56. The molecule has 3 atom stereocenters. The molecule has 0 aliphatic rings. The van der Waals surface area contributed by atoms with Gasteiger partial charge < -0.3 is 30.8 Å². The summed E-state index contributed by atoms with van der Waals surface area (Å²) in [5.74, 6) is -1.51. The number of aldehydes is 1. The molecule has 5 rings (SSSR count). The second-order valence-electron chi connectivity index (χ2n) is 14.2. The highest BCUT2D eigenvalue weighted by atomic mass is 16.5. The molecule has 5 aromatic rings. The highest BCUT2D eigenvalue weighted by Gasteiger charge is 2.38. The van der Waals surface area contributed by atoms with Crippen LogP contribution < -0.4 is 21.3 Å². The third-order valence-electron chi connectivity index (χ3n) is 9.47. The summed E-state index contributed by atoms with van der Waals surface area (Å²) in [4.78, 5) is 70.8. The Bertz CT molecular complexity index is 1940. The minimum atomic E-state index is -1.11. The van der Waals surface area contributed by atoms with Gasteiger partial charge in [0.25, 0.3) is 0 Å². The summed E-state index contributed by atoms with van der Waals surface area (Å²) in [5.41, 5.74) is 3.00. The number of carbonyl (C=O) groups is 5. The van der Waals surface area contributed by atoms with Gasteiger partial charge >= 0.3 is 6.09 Å². The Morgan fingerprint density at radius 3 is 1.67 bits per heavy atom. The summed E-state index contributed by atoms with van der Waals surface area (Å²) in [6, 6.07) is 38.4. The van der Waals surface area contributed by atoms with Crippen molar-refractivity contribution >= 4 is 30.1 Å². The molecule has 11 nitrogen and oxygen atoms in total. The Morgan fingerprint density at radius 2 is 1.16 bits per heavy atom. The van der Waals surface area contributed by atoms with Crippen molar-refractivity contribution in [1.82, 2.24) is 26.3 Å². The minimum Gasteiger partial charge on any atom is -0.445 e. The van der Waals surface area contributed by atoms with E-state index in [0.717, 1.165) is 27.8 Å². The predicted molar refractivity (Wildman–Crippen MR) is 217 cm³/mol. The smallest absolute Gasteiger partial charge is 0.408 e. The Balaban J connectivity index is 1.29. The van der Waals surface area contributed by atoms with Crippen molar-refractivity contribution in [3.63, 3.8) is 0 Å². The lowest BCUT2D eigenvalue weighted by Gasteiger charge is -2.37. The third kappa shape index (κ3) is 11.9. The predicted octanol–water partition coefficient (Wildman–Crippen LogP) is 6.02. The average Bonchev–Trinajstić information content (AvgIpc) is 3.24. The van der Waals surface area contributed by atoms with Crippen LogP contribution in [0.25, 0.3) is 0 Å². The van der Waals surface area contributed by atoms with Crippen molar-refractivity contribution in [2.45, 2.75) is 69.8 Å². The number of nitrogens with zero attached hydrogens (tertiary/aromatic N) is 1. The van der Waals surface area contributed by atoms with Crippen LogP contribution in [0.4, 0.5) is 4.79 Å². The summed E-state index contributed by atoms with van der Waals surface area (Å²) in [7, 11) is 0. The van der Waals surface area contributed by atoms with Crippen molar-refractivity contribution in [2.24, 2.45) is 5.92 Å². The Labute approximate surface area is 333 Å². The van der Waals surface area contributed by atoms with E-state index in [9.17, 15) is 24.0 Å². The molecule has 4 amide bonds. The van der Waals surface area contributed by atoms with E-state index >= 15 is 0 Å². The summed E-state index contributed by atoms with van der Waals surface area (Å²) in [5, 5.41) is 11.5. The molecule has 0 aliphatic carbocycles. The minimum absolute atomic E-state index is 0.00235. The summed E-state index contributed by atoms with van der Waals surface area (Å²) in [6.45, 7) is 3.81. The molecule has 1 aromatic heterocycles. The zero-order chi connectivity index (χ0) is 40.5. The fourth-order valence-corrected chi connectivity index (χ4v) is 6.64. The SMILES string of the molecule is CC(C)C[C@H](NC(=O)OCc1ccncc1)C(=O)N[C@@H](Cc1ccccc1)C(=O)N[C@H](C=O)CCC(=O)NC(c1ccccc1)(c1ccccc1)c1ccccc1. The largest absolute Gasteiger partial charge is 0.445 e. The molecule has 0 radical (unpaired) electrons. The average molecular weight is 768 g/mol. The quantitative estimate of drug-likeness (QED) is 0.0592. The number of nitrogens with one attached hydrogen (secondary N) is 4. The topological polar surface area (TPSA) is 156 Å². The molecular weight excluding hydrogens is 719 g/mol. The zero-order valence-electron chi connectivity index (χ0n) is 32.2. The molecule has 0 aliphatic heterocycles. The molecule has 0 saturated heterocycles. The Kier molecular flexibility index (Phi) is 15.2. The highest BCUT2D eigenvalue weighted by molar-refractivity contribution is 5.92.